The van der Waals surface area contributed by atoms with Crippen molar-refractivity contribution in [2.75, 3.05) is 4.72 Å². The van der Waals surface area contributed by atoms with E-state index in [9.17, 15) is 13.5 Å². The van der Waals surface area contributed by atoms with Crippen LogP contribution in [0.25, 0.3) is 0 Å². The van der Waals surface area contributed by atoms with Crippen LogP contribution >= 0.6 is 0 Å². The Kier molecular flexibility index (Phi) is 4.29. The van der Waals surface area contributed by atoms with Gasteiger partial charge in [-0.25, -0.2) is 8.42 Å². The highest BCUT2D eigenvalue weighted by Crippen LogP contribution is 2.23. The largest absolute Gasteiger partial charge is 0.392 e. The summed E-state index contributed by atoms with van der Waals surface area (Å²) < 4.78 is 27.5. The van der Waals surface area contributed by atoms with E-state index < -0.39 is 10.0 Å². The van der Waals surface area contributed by atoms with Crippen LogP contribution in [0.5, 0.6) is 0 Å². The number of nitrogens with one attached hydrogen (secondary N) is 1. The van der Waals surface area contributed by atoms with E-state index in [0.29, 0.717) is 16.8 Å². The third-order valence-corrected chi connectivity index (χ3v) is 4.77. The summed E-state index contributed by atoms with van der Waals surface area (Å²) in [5.41, 5.74) is 3.31. The van der Waals surface area contributed by atoms with E-state index in [0.717, 1.165) is 11.3 Å². The van der Waals surface area contributed by atoms with E-state index in [1.165, 1.54) is 6.07 Å². The predicted octanol–water partition coefficient (Wildman–Crippen LogP) is 2.30. The SMILES string of the molecule is Cc1cc(NS(=O)(=O)c2cc(CO)c(C)cc2C)ccn1. The molecule has 0 saturated heterocycles. The summed E-state index contributed by atoms with van der Waals surface area (Å²) in [6, 6.07) is 6.54. The van der Waals surface area contributed by atoms with Crippen molar-refractivity contribution in [3.05, 3.63) is 52.8 Å². The molecule has 5 nitrogen and oxygen atoms in total. The second kappa shape index (κ2) is 5.83. The maximum absolute atomic E-state index is 12.5. The van der Waals surface area contributed by atoms with Crippen molar-refractivity contribution >= 4 is 15.7 Å². The van der Waals surface area contributed by atoms with Crippen molar-refractivity contribution in [3.8, 4) is 0 Å². The van der Waals surface area contributed by atoms with Gasteiger partial charge in [0, 0.05) is 11.9 Å². The Morgan fingerprint density at radius 2 is 1.86 bits per heavy atom. The molecule has 112 valence electrons. The molecule has 0 atom stereocenters. The van der Waals surface area contributed by atoms with Gasteiger partial charge in [-0.05, 0) is 55.7 Å². The van der Waals surface area contributed by atoms with Gasteiger partial charge in [0.15, 0.2) is 0 Å². The van der Waals surface area contributed by atoms with Gasteiger partial charge in [0.2, 0.25) is 0 Å². The van der Waals surface area contributed by atoms with Crippen LogP contribution in [0.1, 0.15) is 22.4 Å². The molecule has 0 spiro atoms. The lowest BCUT2D eigenvalue weighted by atomic mass is 10.1. The highest BCUT2D eigenvalue weighted by Gasteiger charge is 2.18. The quantitative estimate of drug-likeness (QED) is 0.908. The average molecular weight is 306 g/mol. The first kappa shape index (κ1) is 15.5. The van der Waals surface area contributed by atoms with E-state index in [-0.39, 0.29) is 11.5 Å². The number of rotatable bonds is 4. The summed E-state index contributed by atoms with van der Waals surface area (Å²) in [7, 11) is -3.70. The Morgan fingerprint density at radius 3 is 2.48 bits per heavy atom. The molecule has 1 aromatic heterocycles. The number of pyridine rings is 1. The van der Waals surface area contributed by atoms with Crippen molar-refractivity contribution in [1.82, 2.24) is 4.98 Å². The van der Waals surface area contributed by atoms with Gasteiger partial charge in [-0.1, -0.05) is 6.07 Å². The number of hydrogen-bond donors (Lipinski definition) is 2. The zero-order valence-corrected chi connectivity index (χ0v) is 13.0. The lowest BCUT2D eigenvalue weighted by Crippen LogP contribution is -2.15. The molecule has 0 amide bonds. The Morgan fingerprint density at radius 1 is 1.14 bits per heavy atom. The standard InChI is InChI=1S/C15H18N2O3S/c1-10-6-11(2)15(8-13(10)9-18)21(19,20)17-14-4-5-16-12(3)7-14/h4-8,18H,9H2,1-3H3,(H,16,17). The lowest BCUT2D eigenvalue weighted by molar-refractivity contribution is 0.280. The third kappa shape index (κ3) is 3.40. The molecule has 0 aliphatic heterocycles. The normalized spacial score (nSPS) is 11.4. The maximum atomic E-state index is 12.5. The molecule has 1 aromatic carbocycles. The molecule has 2 aromatic rings. The van der Waals surface area contributed by atoms with Gasteiger partial charge in [-0.15, -0.1) is 0 Å². The van der Waals surface area contributed by atoms with Gasteiger partial charge in [0.25, 0.3) is 10.0 Å². The van der Waals surface area contributed by atoms with Gasteiger partial charge >= 0.3 is 0 Å². The minimum atomic E-state index is -3.70. The number of aliphatic hydroxyl groups is 1. The minimum absolute atomic E-state index is 0.173. The first-order chi connectivity index (χ1) is 9.83. The lowest BCUT2D eigenvalue weighted by Gasteiger charge is -2.13. The zero-order valence-electron chi connectivity index (χ0n) is 12.2. The van der Waals surface area contributed by atoms with Crippen molar-refractivity contribution in [1.29, 1.82) is 0 Å². The molecule has 1 heterocycles. The molecule has 0 radical (unpaired) electrons. The molecule has 0 aliphatic carbocycles. The van der Waals surface area contributed by atoms with Gasteiger partial charge in [-0.2, -0.15) is 0 Å². The van der Waals surface area contributed by atoms with Crippen LogP contribution in [0.3, 0.4) is 0 Å². The van der Waals surface area contributed by atoms with Crippen LogP contribution in [-0.2, 0) is 16.6 Å². The minimum Gasteiger partial charge on any atom is -0.392 e. The predicted molar refractivity (Wildman–Crippen MR) is 81.6 cm³/mol. The van der Waals surface area contributed by atoms with Gasteiger partial charge < -0.3 is 5.11 Å². The molecule has 0 aliphatic rings. The Bertz CT molecular complexity index is 770. The molecular weight excluding hydrogens is 288 g/mol. The topological polar surface area (TPSA) is 79.3 Å². The van der Waals surface area contributed by atoms with Crippen LogP contribution in [-0.4, -0.2) is 18.5 Å². The number of aromatic nitrogens is 1. The maximum Gasteiger partial charge on any atom is 0.262 e. The highest BCUT2D eigenvalue weighted by molar-refractivity contribution is 7.92. The summed E-state index contributed by atoms with van der Waals surface area (Å²) in [5.74, 6) is 0. The highest BCUT2D eigenvalue weighted by atomic mass is 32.2. The first-order valence-electron chi connectivity index (χ1n) is 6.50. The number of nitrogens with zero attached hydrogens (tertiary/aromatic N) is 1. The van der Waals surface area contributed by atoms with Gasteiger partial charge in [0.05, 0.1) is 17.2 Å². The average Bonchev–Trinajstić information content (AvgIpc) is 2.37. The fourth-order valence-corrected chi connectivity index (χ4v) is 3.48. The summed E-state index contributed by atoms with van der Waals surface area (Å²) in [5, 5.41) is 9.30. The van der Waals surface area contributed by atoms with Gasteiger partial charge in [-0.3, -0.25) is 9.71 Å². The molecule has 0 bridgehead atoms. The van der Waals surface area contributed by atoms with Crippen LogP contribution in [0, 0.1) is 20.8 Å². The van der Waals surface area contributed by atoms with E-state index in [4.69, 9.17) is 0 Å². The molecule has 2 N–H and O–H groups in total. The van der Waals surface area contributed by atoms with E-state index in [1.54, 1.807) is 38.2 Å². The zero-order chi connectivity index (χ0) is 15.6. The molecular formula is C15H18N2O3S. The number of aryl methyl sites for hydroxylation is 3. The Hall–Kier alpha value is -1.92. The molecule has 21 heavy (non-hydrogen) atoms. The second-order valence-corrected chi connectivity index (χ2v) is 6.64. The van der Waals surface area contributed by atoms with E-state index >= 15 is 0 Å². The van der Waals surface area contributed by atoms with E-state index in [2.05, 4.69) is 9.71 Å². The smallest absolute Gasteiger partial charge is 0.262 e. The Balaban J connectivity index is 2.44. The number of sulfonamides is 1. The van der Waals surface area contributed by atoms with Gasteiger partial charge in [0.1, 0.15) is 0 Å². The van der Waals surface area contributed by atoms with Crippen LogP contribution in [0.2, 0.25) is 0 Å². The number of anilines is 1. The monoisotopic (exact) mass is 306 g/mol. The van der Waals surface area contributed by atoms with Crippen molar-refractivity contribution < 1.29 is 13.5 Å². The summed E-state index contributed by atoms with van der Waals surface area (Å²) in [4.78, 5) is 4.20. The molecule has 0 unspecified atom stereocenters. The number of hydrogen-bond acceptors (Lipinski definition) is 4. The molecule has 2 rings (SSSR count). The third-order valence-electron chi connectivity index (χ3n) is 3.24. The van der Waals surface area contributed by atoms with Crippen LogP contribution in [0.15, 0.2) is 35.4 Å². The summed E-state index contributed by atoms with van der Waals surface area (Å²) >= 11 is 0. The Labute approximate surface area is 124 Å². The van der Waals surface area contributed by atoms with Crippen molar-refractivity contribution in [3.63, 3.8) is 0 Å². The molecule has 0 saturated carbocycles. The van der Waals surface area contributed by atoms with Crippen LogP contribution < -0.4 is 4.72 Å². The van der Waals surface area contributed by atoms with E-state index in [1.807, 2.05) is 6.92 Å². The van der Waals surface area contributed by atoms with Crippen molar-refractivity contribution in [2.24, 2.45) is 0 Å². The second-order valence-electron chi connectivity index (χ2n) is 4.99. The molecule has 6 heteroatoms. The van der Waals surface area contributed by atoms with Crippen LogP contribution in [0.4, 0.5) is 5.69 Å². The number of benzene rings is 1. The summed E-state index contributed by atoms with van der Waals surface area (Å²) in [6.45, 7) is 5.18. The fraction of sp³-hybridized carbons (Fsp3) is 0.267. The number of aliphatic hydroxyl groups excluding tert-OH is 1. The summed E-state index contributed by atoms with van der Waals surface area (Å²) in [6.07, 6.45) is 1.55. The first-order valence-corrected chi connectivity index (χ1v) is 7.98. The fourth-order valence-electron chi connectivity index (χ4n) is 2.15. The molecule has 0 fully saturated rings. The van der Waals surface area contributed by atoms with Crippen molar-refractivity contribution in [2.45, 2.75) is 32.3 Å².